The summed E-state index contributed by atoms with van der Waals surface area (Å²) in [6, 6.07) is 2.37. The lowest BCUT2D eigenvalue weighted by molar-refractivity contribution is 0.191. The molecule has 4 nitrogen and oxygen atoms in total. The van der Waals surface area contributed by atoms with Gasteiger partial charge < -0.3 is 5.11 Å². The third-order valence-electron chi connectivity index (χ3n) is 3.20. The molecule has 108 valence electrons. The number of aliphatic hydroxyl groups excluding tert-OH is 1. The van der Waals surface area contributed by atoms with Crippen LogP contribution in [-0.4, -0.2) is 25.7 Å². The van der Waals surface area contributed by atoms with E-state index < -0.39 is 21.4 Å². The van der Waals surface area contributed by atoms with Crippen LogP contribution in [0, 0.1) is 19.7 Å². The van der Waals surface area contributed by atoms with E-state index in [1.165, 1.54) is 12.1 Å². The summed E-state index contributed by atoms with van der Waals surface area (Å²) in [5.74, 6) is -0.464. The van der Waals surface area contributed by atoms with Gasteiger partial charge >= 0.3 is 0 Å². The second-order valence-electron chi connectivity index (χ2n) is 5.05. The molecule has 19 heavy (non-hydrogen) atoms. The van der Waals surface area contributed by atoms with Crippen LogP contribution in [0.2, 0.25) is 0 Å². The SMILES string of the molecule is CCC(C)(CO)NS(=O)(=O)c1c(C)cc(F)cc1C. The predicted octanol–water partition coefficient (Wildman–Crippen LogP) is 1.88. The molecule has 6 heteroatoms. The quantitative estimate of drug-likeness (QED) is 0.870. The highest BCUT2D eigenvalue weighted by molar-refractivity contribution is 7.89. The topological polar surface area (TPSA) is 66.4 Å². The second-order valence-corrected chi connectivity index (χ2v) is 6.67. The largest absolute Gasteiger partial charge is 0.394 e. The van der Waals surface area contributed by atoms with E-state index in [-0.39, 0.29) is 11.5 Å². The van der Waals surface area contributed by atoms with Gasteiger partial charge in [-0.2, -0.15) is 0 Å². The van der Waals surface area contributed by atoms with E-state index >= 15 is 0 Å². The Hall–Kier alpha value is -0.980. The minimum Gasteiger partial charge on any atom is -0.394 e. The first kappa shape index (κ1) is 16.1. The summed E-state index contributed by atoms with van der Waals surface area (Å²) in [5.41, 5.74) is -0.227. The first-order valence-corrected chi connectivity index (χ1v) is 7.55. The maximum absolute atomic E-state index is 13.2. The lowest BCUT2D eigenvalue weighted by Gasteiger charge is -2.27. The van der Waals surface area contributed by atoms with Crippen molar-refractivity contribution in [3.63, 3.8) is 0 Å². The fourth-order valence-electron chi connectivity index (χ4n) is 1.91. The Kier molecular flexibility index (Phi) is 4.71. The third kappa shape index (κ3) is 3.52. The van der Waals surface area contributed by atoms with Crippen molar-refractivity contribution in [2.75, 3.05) is 6.61 Å². The van der Waals surface area contributed by atoms with Gasteiger partial charge in [0, 0.05) is 0 Å². The number of nitrogens with one attached hydrogen (secondary N) is 1. The van der Waals surface area contributed by atoms with Crippen LogP contribution in [0.15, 0.2) is 17.0 Å². The molecule has 0 radical (unpaired) electrons. The molecule has 1 atom stereocenters. The number of sulfonamides is 1. The van der Waals surface area contributed by atoms with Gasteiger partial charge in [0.15, 0.2) is 0 Å². The molecule has 0 bridgehead atoms. The van der Waals surface area contributed by atoms with Gasteiger partial charge in [-0.25, -0.2) is 17.5 Å². The van der Waals surface area contributed by atoms with Gasteiger partial charge in [-0.15, -0.1) is 0 Å². The maximum atomic E-state index is 13.2. The van der Waals surface area contributed by atoms with Crippen LogP contribution in [0.5, 0.6) is 0 Å². The smallest absolute Gasteiger partial charge is 0.241 e. The number of halogens is 1. The monoisotopic (exact) mass is 289 g/mol. The van der Waals surface area contributed by atoms with E-state index in [2.05, 4.69) is 4.72 Å². The van der Waals surface area contributed by atoms with Gasteiger partial charge in [0.1, 0.15) is 5.82 Å². The molecule has 0 aliphatic carbocycles. The number of benzene rings is 1. The van der Waals surface area contributed by atoms with Gasteiger partial charge in [0.25, 0.3) is 0 Å². The molecule has 1 unspecified atom stereocenters. The van der Waals surface area contributed by atoms with Gasteiger partial charge in [0.2, 0.25) is 10.0 Å². The van der Waals surface area contributed by atoms with Crippen molar-refractivity contribution >= 4 is 10.0 Å². The number of rotatable bonds is 5. The zero-order valence-electron chi connectivity index (χ0n) is 11.6. The van der Waals surface area contributed by atoms with Crippen LogP contribution < -0.4 is 4.72 Å². The molecule has 0 saturated heterocycles. The molecule has 0 fully saturated rings. The van der Waals surface area contributed by atoms with E-state index in [4.69, 9.17) is 0 Å². The fraction of sp³-hybridized carbons (Fsp3) is 0.538. The normalized spacial score (nSPS) is 15.3. The predicted molar refractivity (Wildman–Crippen MR) is 72.0 cm³/mol. The molecule has 1 aromatic rings. The standard InChI is InChI=1S/C13H20FNO3S/c1-5-13(4,8-16)15-19(17,18)12-9(2)6-11(14)7-10(12)3/h6-7,15-16H,5,8H2,1-4H3. The zero-order valence-corrected chi connectivity index (χ0v) is 12.4. The first-order chi connectivity index (χ1) is 8.65. The molecule has 0 amide bonds. The molecule has 2 N–H and O–H groups in total. The van der Waals surface area contributed by atoms with Crippen LogP contribution in [0.25, 0.3) is 0 Å². The van der Waals surface area contributed by atoms with Crippen molar-refractivity contribution in [2.24, 2.45) is 0 Å². The molecule has 1 aromatic carbocycles. The van der Waals surface area contributed by atoms with Gasteiger partial charge in [-0.3, -0.25) is 0 Å². The Balaban J connectivity index is 3.29. The summed E-state index contributed by atoms with van der Waals surface area (Å²) >= 11 is 0. The lowest BCUT2D eigenvalue weighted by atomic mass is 10.0. The fourth-order valence-corrected chi connectivity index (χ4v) is 3.84. The highest BCUT2D eigenvalue weighted by Gasteiger charge is 2.30. The Morgan fingerprint density at radius 1 is 1.32 bits per heavy atom. The van der Waals surface area contributed by atoms with Gasteiger partial charge in [0.05, 0.1) is 17.0 Å². The Labute approximate surface area is 113 Å². The Morgan fingerprint density at radius 3 is 2.16 bits per heavy atom. The summed E-state index contributed by atoms with van der Waals surface area (Å²) in [6.45, 7) is 6.20. The van der Waals surface area contributed by atoms with Crippen molar-refractivity contribution in [3.05, 3.63) is 29.1 Å². The van der Waals surface area contributed by atoms with Crippen LogP contribution >= 0.6 is 0 Å². The first-order valence-electron chi connectivity index (χ1n) is 6.07. The summed E-state index contributed by atoms with van der Waals surface area (Å²) in [6.07, 6.45) is 0.446. The maximum Gasteiger partial charge on any atom is 0.241 e. The van der Waals surface area contributed by atoms with Crippen LogP contribution in [-0.2, 0) is 10.0 Å². The Bertz CT molecular complexity index is 542. The molecule has 0 aliphatic heterocycles. The number of hydrogen-bond acceptors (Lipinski definition) is 3. The molecule has 1 rings (SSSR count). The average molecular weight is 289 g/mol. The minimum absolute atomic E-state index is 0.0713. The number of hydrogen-bond donors (Lipinski definition) is 2. The van der Waals surface area contributed by atoms with E-state index in [9.17, 15) is 17.9 Å². The minimum atomic E-state index is -3.80. The van der Waals surface area contributed by atoms with Crippen molar-refractivity contribution < 1.29 is 17.9 Å². The van der Waals surface area contributed by atoms with Crippen LogP contribution in [0.4, 0.5) is 4.39 Å². The summed E-state index contributed by atoms with van der Waals surface area (Å²) < 4.78 is 40.4. The van der Waals surface area contributed by atoms with E-state index in [1.807, 2.05) is 0 Å². The zero-order chi connectivity index (χ0) is 14.8. The van der Waals surface area contributed by atoms with Crippen molar-refractivity contribution in [1.82, 2.24) is 4.72 Å². The summed E-state index contributed by atoms with van der Waals surface area (Å²) in [7, 11) is -3.80. The van der Waals surface area contributed by atoms with Crippen LogP contribution in [0.3, 0.4) is 0 Å². The lowest BCUT2D eigenvalue weighted by Crippen LogP contribution is -2.48. The molecular formula is C13H20FNO3S. The van der Waals surface area contributed by atoms with Crippen molar-refractivity contribution in [2.45, 2.75) is 44.6 Å². The summed E-state index contributed by atoms with van der Waals surface area (Å²) in [4.78, 5) is 0.0713. The Morgan fingerprint density at radius 2 is 1.79 bits per heavy atom. The van der Waals surface area contributed by atoms with Crippen molar-refractivity contribution in [3.8, 4) is 0 Å². The molecule has 0 aliphatic rings. The molecular weight excluding hydrogens is 269 g/mol. The third-order valence-corrected chi connectivity index (χ3v) is 5.15. The van der Waals surface area contributed by atoms with Gasteiger partial charge in [-0.05, 0) is 50.5 Å². The van der Waals surface area contributed by atoms with Gasteiger partial charge in [-0.1, -0.05) is 6.92 Å². The molecule has 0 saturated carbocycles. The van der Waals surface area contributed by atoms with Crippen LogP contribution in [0.1, 0.15) is 31.4 Å². The van der Waals surface area contributed by atoms with E-state index in [0.717, 1.165) is 0 Å². The second kappa shape index (κ2) is 5.56. The molecule has 0 aromatic heterocycles. The highest BCUT2D eigenvalue weighted by atomic mass is 32.2. The van der Waals surface area contributed by atoms with E-state index in [0.29, 0.717) is 17.5 Å². The number of aliphatic hydroxyl groups is 1. The molecule has 0 spiro atoms. The van der Waals surface area contributed by atoms with Crippen molar-refractivity contribution in [1.29, 1.82) is 0 Å². The molecule has 0 heterocycles. The van der Waals surface area contributed by atoms with E-state index in [1.54, 1.807) is 27.7 Å². The highest BCUT2D eigenvalue weighted by Crippen LogP contribution is 2.23. The number of aryl methyl sites for hydroxylation is 2. The summed E-state index contributed by atoms with van der Waals surface area (Å²) in [5, 5.41) is 9.29. The average Bonchev–Trinajstić information content (AvgIpc) is 2.26.